The van der Waals surface area contributed by atoms with Gasteiger partial charge in [-0.25, -0.2) is 0 Å². The van der Waals surface area contributed by atoms with Gasteiger partial charge in [-0.15, -0.1) is 0 Å². The van der Waals surface area contributed by atoms with Crippen molar-refractivity contribution in [2.24, 2.45) is 23.7 Å². The van der Waals surface area contributed by atoms with Crippen molar-refractivity contribution in [3.8, 4) is 0 Å². The molecule has 4 unspecified atom stereocenters. The third kappa shape index (κ3) is 1.86. The summed E-state index contributed by atoms with van der Waals surface area (Å²) in [6.07, 6.45) is 4.61. The summed E-state index contributed by atoms with van der Waals surface area (Å²) in [6.45, 7) is 2.09. The van der Waals surface area contributed by atoms with Crippen molar-refractivity contribution >= 4 is 17.8 Å². The number of nitrogens with zero attached hydrogens (tertiary/aromatic N) is 1. The largest absolute Gasteiger partial charge is 0.481 e. The summed E-state index contributed by atoms with van der Waals surface area (Å²) in [4.78, 5) is 37.7. The molecule has 1 aliphatic heterocycles. The highest BCUT2D eigenvalue weighted by Crippen LogP contribution is 2.46. The third-order valence-electron chi connectivity index (χ3n) is 5.48. The Morgan fingerprint density at radius 3 is 2.30 bits per heavy atom. The Kier molecular flexibility index (Phi) is 3.30. The van der Waals surface area contributed by atoms with Gasteiger partial charge >= 0.3 is 5.97 Å². The van der Waals surface area contributed by atoms with E-state index in [0.29, 0.717) is 18.8 Å². The van der Waals surface area contributed by atoms with Gasteiger partial charge in [0.25, 0.3) is 0 Å². The molecule has 20 heavy (non-hydrogen) atoms. The van der Waals surface area contributed by atoms with Gasteiger partial charge in [-0.05, 0) is 31.6 Å². The fourth-order valence-corrected chi connectivity index (χ4v) is 4.35. The van der Waals surface area contributed by atoms with E-state index in [0.717, 1.165) is 25.7 Å². The maximum atomic E-state index is 12.5. The van der Waals surface area contributed by atoms with Crippen molar-refractivity contribution in [3.63, 3.8) is 0 Å². The maximum absolute atomic E-state index is 12.5. The SMILES string of the molecule is CCC1CC2C(=O)N(C3CCCC3C(=O)O)C(=O)C2C1. The van der Waals surface area contributed by atoms with Crippen molar-refractivity contribution in [2.75, 3.05) is 0 Å². The fraction of sp³-hybridized carbons (Fsp3) is 0.800. The van der Waals surface area contributed by atoms with Crippen LogP contribution >= 0.6 is 0 Å². The second kappa shape index (κ2) is 4.86. The normalized spacial score (nSPS) is 40.5. The lowest BCUT2D eigenvalue weighted by molar-refractivity contribution is -0.149. The minimum absolute atomic E-state index is 0.103. The molecule has 0 aromatic heterocycles. The number of carboxylic acids is 1. The Bertz CT molecular complexity index is 437. The first kappa shape index (κ1) is 13.6. The van der Waals surface area contributed by atoms with Gasteiger partial charge in [-0.2, -0.15) is 0 Å². The fourth-order valence-electron chi connectivity index (χ4n) is 4.35. The van der Waals surface area contributed by atoms with Crippen molar-refractivity contribution in [2.45, 2.75) is 51.5 Å². The minimum Gasteiger partial charge on any atom is -0.481 e. The predicted octanol–water partition coefficient (Wildman–Crippen LogP) is 1.66. The Balaban J connectivity index is 1.81. The highest BCUT2D eigenvalue weighted by atomic mass is 16.4. The predicted molar refractivity (Wildman–Crippen MR) is 70.6 cm³/mol. The van der Waals surface area contributed by atoms with Crippen LogP contribution in [0.3, 0.4) is 0 Å². The van der Waals surface area contributed by atoms with E-state index in [1.54, 1.807) is 0 Å². The molecule has 0 aromatic rings. The first-order chi connectivity index (χ1) is 9.54. The van der Waals surface area contributed by atoms with Crippen LogP contribution in [0, 0.1) is 23.7 Å². The van der Waals surface area contributed by atoms with E-state index in [-0.39, 0.29) is 23.7 Å². The Hall–Kier alpha value is -1.39. The van der Waals surface area contributed by atoms with Crippen LogP contribution < -0.4 is 0 Å². The molecule has 2 aliphatic carbocycles. The molecule has 5 heteroatoms. The summed E-state index contributed by atoms with van der Waals surface area (Å²) in [5.74, 6) is -1.53. The van der Waals surface area contributed by atoms with Gasteiger partial charge in [-0.1, -0.05) is 19.8 Å². The summed E-state index contributed by atoms with van der Waals surface area (Å²) in [5.41, 5.74) is 0. The van der Waals surface area contributed by atoms with Gasteiger partial charge in [0, 0.05) is 0 Å². The van der Waals surface area contributed by atoms with Crippen molar-refractivity contribution in [1.29, 1.82) is 0 Å². The molecule has 1 heterocycles. The minimum atomic E-state index is -0.878. The van der Waals surface area contributed by atoms with Crippen LogP contribution in [-0.2, 0) is 14.4 Å². The zero-order chi connectivity index (χ0) is 14.4. The van der Waals surface area contributed by atoms with E-state index < -0.39 is 17.9 Å². The lowest BCUT2D eigenvalue weighted by atomic mass is 10.00. The van der Waals surface area contributed by atoms with Crippen molar-refractivity contribution < 1.29 is 19.5 Å². The molecule has 5 nitrogen and oxygen atoms in total. The molecular formula is C15H21NO4. The summed E-state index contributed by atoms with van der Waals surface area (Å²) in [7, 11) is 0. The molecule has 3 fully saturated rings. The third-order valence-corrected chi connectivity index (χ3v) is 5.48. The van der Waals surface area contributed by atoms with Crippen LogP contribution in [0.15, 0.2) is 0 Å². The standard InChI is InChI=1S/C15H21NO4/c1-2-8-6-10-11(7-8)14(18)16(13(10)17)12-5-3-4-9(12)15(19)20/h8-12H,2-7H2,1H3,(H,19,20). The molecule has 0 spiro atoms. The zero-order valence-electron chi connectivity index (χ0n) is 11.7. The van der Waals surface area contributed by atoms with E-state index in [9.17, 15) is 19.5 Å². The molecule has 1 N–H and O–H groups in total. The lowest BCUT2D eigenvalue weighted by Crippen LogP contribution is -2.45. The second-order valence-electron chi connectivity index (χ2n) is 6.45. The topological polar surface area (TPSA) is 74.7 Å². The Labute approximate surface area is 118 Å². The van der Waals surface area contributed by atoms with E-state index >= 15 is 0 Å². The van der Waals surface area contributed by atoms with Crippen molar-refractivity contribution in [3.05, 3.63) is 0 Å². The molecule has 4 atom stereocenters. The van der Waals surface area contributed by atoms with Gasteiger partial charge in [0.2, 0.25) is 11.8 Å². The number of amides is 2. The summed E-state index contributed by atoms with van der Waals surface area (Å²) < 4.78 is 0. The van der Waals surface area contributed by atoms with Crippen LogP contribution in [-0.4, -0.2) is 33.8 Å². The van der Waals surface area contributed by atoms with Crippen molar-refractivity contribution in [1.82, 2.24) is 4.90 Å². The van der Waals surface area contributed by atoms with Crippen LogP contribution in [0.2, 0.25) is 0 Å². The number of likely N-dealkylation sites (tertiary alicyclic amines) is 1. The van der Waals surface area contributed by atoms with E-state index in [1.165, 1.54) is 4.90 Å². The van der Waals surface area contributed by atoms with Gasteiger partial charge in [0.1, 0.15) is 0 Å². The van der Waals surface area contributed by atoms with Crippen LogP contribution in [0.1, 0.15) is 45.4 Å². The zero-order valence-corrected chi connectivity index (χ0v) is 11.7. The lowest BCUT2D eigenvalue weighted by Gasteiger charge is -2.27. The average Bonchev–Trinajstić information content (AvgIpc) is 3.08. The number of carbonyl (C=O) groups excluding carboxylic acids is 2. The highest BCUT2D eigenvalue weighted by Gasteiger charge is 2.56. The number of hydrogen-bond acceptors (Lipinski definition) is 3. The number of carboxylic acid groups (broad SMARTS) is 1. The van der Waals surface area contributed by atoms with Crippen LogP contribution in [0.25, 0.3) is 0 Å². The van der Waals surface area contributed by atoms with E-state index in [4.69, 9.17) is 0 Å². The highest BCUT2D eigenvalue weighted by molar-refractivity contribution is 6.06. The van der Waals surface area contributed by atoms with Gasteiger partial charge in [-0.3, -0.25) is 19.3 Å². The molecule has 0 radical (unpaired) electrons. The molecule has 1 saturated heterocycles. The quantitative estimate of drug-likeness (QED) is 0.797. The molecular weight excluding hydrogens is 258 g/mol. The first-order valence-electron chi connectivity index (χ1n) is 7.64. The Morgan fingerprint density at radius 2 is 1.80 bits per heavy atom. The first-order valence-corrected chi connectivity index (χ1v) is 7.64. The van der Waals surface area contributed by atoms with Crippen LogP contribution in [0.5, 0.6) is 0 Å². The van der Waals surface area contributed by atoms with Crippen LogP contribution in [0.4, 0.5) is 0 Å². The van der Waals surface area contributed by atoms with E-state index in [1.807, 2.05) is 0 Å². The van der Waals surface area contributed by atoms with E-state index in [2.05, 4.69) is 6.92 Å². The summed E-state index contributed by atoms with van der Waals surface area (Å²) in [5, 5.41) is 9.25. The number of hydrogen-bond donors (Lipinski definition) is 1. The monoisotopic (exact) mass is 279 g/mol. The molecule has 3 aliphatic rings. The summed E-state index contributed by atoms with van der Waals surface area (Å²) >= 11 is 0. The molecule has 0 aromatic carbocycles. The second-order valence-corrected chi connectivity index (χ2v) is 6.45. The number of fused-ring (bicyclic) bond motifs is 1. The Morgan fingerprint density at radius 1 is 1.20 bits per heavy atom. The summed E-state index contributed by atoms with van der Waals surface area (Å²) in [6, 6.07) is -0.404. The number of rotatable bonds is 3. The van der Waals surface area contributed by atoms with Gasteiger partial charge < -0.3 is 5.11 Å². The van der Waals surface area contributed by atoms with Gasteiger partial charge in [0.15, 0.2) is 0 Å². The van der Waals surface area contributed by atoms with Gasteiger partial charge in [0.05, 0.1) is 23.8 Å². The molecule has 2 amide bonds. The number of imide groups is 1. The number of carbonyl (C=O) groups is 3. The molecule has 2 saturated carbocycles. The number of aliphatic carboxylic acids is 1. The molecule has 3 rings (SSSR count). The molecule has 110 valence electrons. The maximum Gasteiger partial charge on any atom is 0.308 e. The molecule has 0 bridgehead atoms. The smallest absolute Gasteiger partial charge is 0.308 e. The average molecular weight is 279 g/mol.